The van der Waals surface area contributed by atoms with Gasteiger partial charge >= 0.3 is 0 Å². The van der Waals surface area contributed by atoms with Gasteiger partial charge in [0.25, 0.3) is 0 Å². The summed E-state index contributed by atoms with van der Waals surface area (Å²) in [7, 11) is 0. The maximum atomic E-state index is 9.81. The number of hydrogen-bond donors (Lipinski definition) is 1. The summed E-state index contributed by atoms with van der Waals surface area (Å²) in [4.78, 5) is 3.99. The summed E-state index contributed by atoms with van der Waals surface area (Å²) < 4.78 is 1.70. The van der Waals surface area contributed by atoms with Gasteiger partial charge in [0.05, 0.1) is 12.6 Å². The van der Waals surface area contributed by atoms with E-state index in [-0.39, 0.29) is 6.04 Å². The second-order valence-corrected chi connectivity index (χ2v) is 5.17. The molecule has 5 nitrogen and oxygen atoms in total. The maximum Gasteiger partial charge on any atom is 0.212 e. The van der Waals surface area contributed by atoms with Crippen LogP contribution in [0.2, 0.25) is 0 Å². The first kappa shape index (κ1) is 14.8. The fourth-order valence-corrected chi connectivity index (χ4v) is 2.37. The molecule has 0 amide bonds. The Kier molecular flexibility index (Phi) is 4.37. The number of imidazole rings is 1. The van der Waals surface area contributed by atoms with Gasteiger partial charge in [-0.2, -0.15) is 10.5 Å². The normalized spacial score (nSPS) is 13.4. The van der Waals surface area contributed by atoms with Crippen molar-refractivity contribution in [3.8, 4) is 12.1 Å². The Bertz CT molecular complexity index is 675. The van der Waals surface area contributed by atoms with E-state index < -0.39 is 5.54 Å². The van der Waals surface area contributed by atoms with Crippen LogP contribution in [0.5, 0.6) is 0 Å². The van der Waals surface area contributed by atoms with Gasteiger partial charge in [-0.3, -0.25) is 5.32 Å². The van der Waals surface area contributed by atoms with Gasteiger partial charge in [-0.25, -0.2) is 4.98 Å². The highest BCUT2D eigenvalue weighted by Crippen LogP contribution is 2.24. The number of hydrogen-bond acceptors (Lipinski definition) is 4. The van der Waals surface area contributed by atoms with Gasteiger partial charge < -0.3 is 4.57 Å². The zero-order valence-corrected chi connectivity index (χ0v) is 12.1. The number of rotatable bonds is 5. The fourth-order valence-electron chi connectivity index (χ4n) is 2.37. The third kappa shape index (κ3) is 3.10. The quantitative estimate of drug-likeness (QED) is 0.910. The Morgan fingerprint density at radius 3 is 2.57 bits per heavy atom. The summed E-state index contributed by atoms with van der Waals surface area (Å²) in [5.41, 5.74) is -0.0272. The largest absolute Gasteiger partial charge is 0.319 e. The number of benzene rings is 1. The van der Waals surface area contributed by atoms with Gasteiger partial charge in [-0.1, -0.05) is 30.3 Å². The summed E-state index contributed by atoms with van der Waals surface area (Å²) >= 11 is 0. The molecule has 0 aliphatic rings. The van der Waals surface area contributed by atoms with Gasteiger partial charge in [-0.15, -0.1) is 0 Å². The minimum Gasteiger partial charge on any atom is -0.319 e. The zero-order valence-electron chi connectivity index (χ0n) is 12.1. The Morgan fingerprint density at radius 1 is 1.29 bits per heavy atom. The lowest BCUT2D eigenvalue weighted by Gasteiger charge is -2.31. The van der Waals surface area contributed by atoms with E-state index in [1.807, 2.05) is 50.2 Å². The smallest absolute Gasteiger partial charge is 0.212 e. The van der Waals surface area contributed by atoms with Crippen LogP contribution in [0.15, 0.2) is 42.7 Å². The Balaban J connectivity index is 2.46. The molecule has 1 heterocycles. The number of nitrogens with one attached hydrogen (secondary N) is 1. The zero-order chi connectivity index (χ0) is 15.3. The van der Waals surface area contributed by atoms with Crippen molar-refractivity contribution in [1.82, 2.24) is 14.9 Å². The van der Waals surface area contributed by atoms with E-state index in [1.165, 1.54) is 0 Å². The molecule has 106 valence electrons. The monoisotopic (exact) mass is 279 g/mol. The average molecular weight is 279 g/mol. The van der Waals surface area contributed by atoms with Crippen molar-refractivity contribution in [2.45, 2.75) is 32.0 Å². The van der Waals surface area contributed by atoms with Crippen LogP contribution in [-0.2, 0) is 12.1 Å². The molecule has 21 heavy (non-hydrogen) atoms. The van der Waals surface area contributed by atoms with E-state index in [9.17, 15) is 5.26 Å². The Labute approximate surface area is 124 Å². The predicted octanol–water partition coefficient (Wildman–Crippen LogP) is 2.17. The highest BCUT2D eigenvalue weighted by Gasteiger charge is 2.34. The summed E-state index contributed by atoms with van der Waals surface area (Å²) in [5.74, 6) is 0.302. The van der Waals surface area contributed by atoms with Crippen molar-refractivity contribution in [3.05, 3.63) is 54.1 Å². The summed E-state index contributed by atoms with van der Waals surface area (Å²) in [6, 6.07) is 14.1. The molecule has 1 aromatic heterocycles. The second-order valence-electron chi connectivity index (χ2n) is 5.17. The van der Waals surface area contributed by atoms with Crippen molar-refractivity contribution in [1.29, 1.82) is 10.5 Å². The van der Waals surface area contributed by atoms with Crippen molar-refractivity contribution in [2.75, 3.05) is 0 Å². The first-order valence-electron chi connectivity index (χ1n) is 6.77. The molecule has 0 saturated carbocycles. The molecule has 0 fully saturated rings. The van der Waals surface area contributed by atoms with E-state index >= 15 is 0 Å². The Morgan fingerprint density at radius 2 is 2.00 bits per heavy atom. The van der Waals surface area contributed by atoms with Gasteiger partial charge in [0, 0.05) is 18.4 Å². The van der Waals surface area contributed by atoms with Crippen molar-refractivity contribution < 1.29 is 0 Å². The van der Waals surface area contributed by atoms with Crippen molar-refractivity contribution in [3.63, 3.8) is 0 Å². The molecule has 1 aromatic carbocycles. The van der Waals surface area contributed by atoms with E-state index in [1.54, 1.807) is 17.0 Å². The third-order valence-corrected chi connectivity index (χ3v) is 3.22. The van der Waals surface area contributed by atoms with E-state index in [0.29, 0.717) is 12.4 Å². The lowest BCUT2D eigenvalue weighted by atomic mass is 9.90. The summed E-state index contributed by atoms with van der Waals surface area (Å²) in [5, 5.41) is 22.2. The molecular formula is C16H17N5. The van der Waals surface area contributed by atoms with E-state index in [2.05, 4.69) is 16.4 Å². The fraction of sp³-hybridized carbons (Fsp3) is 0.312. The standard InChI is InChI=1S/C16H17N5/c1-13(2)20-16(11-18,14-6-4-3-5-7-14)12-21-9-8-19-15(21)10-17/h3-9,13,20H,12H2,1-2H3. The third-order valence-electron chi connectivity index (χ3n) is 3.22. The summed E-state index contributed by atoms with van der Waals surface area (Å²) in [6.07, 6.45) is 3.29. The van der Waals surface area contributed by atoms with Crippen LogP contribution in [0, 0.1) is 22.7 Å². The SMILES string of the molecule is CC(C)NC(C#N)(Cn1ccnc1C#N)c1ccccc1. The van der Waals surface area contributed by atoms with Crippen LogP contribution in [0.1, 0.15) is 25.2 Å². The van der Waals surface area contributed by atoms with Crippen LogP contribution in [0.25, 0.3) is 0 Å². The molecule has 1 N–H and O–H groups in total. The number of nitriles is 2. The molecule has 2 aromatic rings. The molecule has 1 atom stereocenters. The van der Waals surface area contributed by atoms with Crippen LogP contribution in [0.4, 0.5) is 0 Å². The lowest BCUT2D eigenvalue weighted by molar-refractivity contribution is 0.337. The van der Waals surface area contributed by atoms with Gasteiger partial charge in [0.2, 0.25) is 5.82 Å². The predicted molar refractivity (Wildman–Crippen MR) is 78.9 cm³/mol. The van der Waals surface area contributed by atoms with Crippen LogP contribution < -0.4 is 5.32 Å². The van der Waals surface area contributed by atoms with Gasteiger partial charge in [0.15, 0.2) is 5.54 Å². The molecule has 0 saturated heterocycles. The molecule has 0 bridgehead atoms. The molecular weight excluding hydrogens is 262 g/mol. The minimum atomic E-state index is -0.901. The molecule has 0 radical (unpaired) electrons. The molecule has 0 aliphatic carbocycles. The first-order chi connectivity index (χ1) is 10.1. The Hall–Kier alpha value is -2.63. The first-order valence-corrected chi connectivity index (χ1v) is 6.77. The van der Waals surface area contributed by atoms with Crippen molar-refractivity contribution >= 4 is 0 Å². The van der Waals surface area contributed by atoms with Crippen LogP contribution in [-0.4, -0.2) is 15.6 Å². The molecule has 2 rings (SSSR count). The number of nitrogens with zero attached hydrogens (tertiary/aromatic N) is 4. The van der Waals surface area contributed by atoms with E-state index in [4.69, 9.17) is 5.26 Å². The molecule has 1 unspecified atom stereocenters. The van der Waals surface area contributed by atoms with Crippen LogP contribution in [0.3, 0.4) is 0 Å². The average Bonchev–Trinajstić information content (AvgIpc) is 2.94. The highest BCUT2D eigenvalue weighted by molar-refractivity contribution is 5.32. The van der Waals surface area contributed by atoms with E-state index in [0.717, 1.165) is 5.56 Å². The molecule has 5 heteroatoms. The molecule has 0 aliphatic heterocycles. The van der Waals surface area contributed by atoms with Gasteiger partial charge in [0.1, 0.15) is 6.07 Å². The topological polar surface area (TPSA) is 77.4 Å². The maximum absolute atomic E-state index is 9.81. The summed E-state index contributed by atoms with van der Waals surface area (Å²) in [6.45, 7) is 4.32. The molecule has 0 spiro atoms. The minimum absolute atomic E-state index is 0.124. The van der Waals surface area contributed by atoms with Crippen LogP contribution >= 0.6 is 0 Å². The number of aromatic nitrogens is 2. The second kappa shape index (κ2) is 6.21. The van der Waals surface area contributed by atoms with Gasteiger partial charge in [-0.05, 0) is 19.4 Å². The van der Waals surface area contributed by atoms with Crippen molar-refractivity contribution in [2.24, 2.45) is 0 Å². The lowest BCUT2D eigenvalue weighted by Crippen LogP contribution is -2.48. The highest BCUT2D eigenvalue weighted by atomic mass is 15.1.